The Morgan fingerprint density at radius 3 is 2.27 bits per heavy atom. The van der Waals surface area contributed by atoms with Crippen LogP contribution in [0.2, 0.25) is 0 Å². The first-order valence-electron chi connectivity index (χ1n) is 8.87. The summed E-state index contributed by atoms with van der Waals surface area (Å²) < 4.78 is 5.33. The Morgan fingerprint density at radius 1 is 1.08 bits per heavy atom. The van der Waals surface area contributed by atoms with Gasteiger partial charge in [-0.25, -0.2) is 4.79 Å². The van der Waals surface area contributed by atoms with Gasteiger partial charge in [0, 0.05) is 25.2 Å². The minimum Gasteiger partial charge on any atom is -0.410 e. The van der Waals surface area contributed by atoms with Gasteiger partial charge < -0.3 is 20.3 Å². The molecule has 3 amide bonds. The highest BCUT2D eigenvalue weighted by Gasteiger charge is 2.26. The van der Waals surface area contributed by atoms with E-state index in [1.165, 1.54) is 0 Å². The van der Waals surface area contributed by atoms with Crippen LogP contribution in [0.15, 0.2) is 30.3 Å². The predicted molar refractivity (Wildman–Crippen MR) is 97.7 cm³/mol. The molecule has 142 valence electrons. The molecule has 1 heterocycles. The Balaban J connectivity index is 1.70. The van der Waals surface area contributed by atoms with Crippen LogP contribution in [0.1, 0.15) is 33.6 Å². The Labute approximate surface area is 154 Å². The highest BCUT2D eigenvalue weighted by Crippen LogP contribution is 2.18. The molecule has 0 spiro atoms. The van der Waals surface area contributed by atoms with Crippen molar-refractivity contribution in [1.82, 2.24) is 15.5 Å². The topological polar surface area (TPSA) is 87.7 Å². The van der Waals surface area contributed by atoms with Gasteiger partial charge in [-0.15, -0.1) is 0 Å². The molecule has 1 aliphatic heterocycles. The molecular weight excluding hydrogens is 334 g/mol. The van der Waals surface area contributed by atoms with E-state index in [9.17, 15) is 14.4 Å². The Hall–Kier alpha value is -2.57. The van der Waals surface area contributed by atoms with E-state index < -0.39 is 17.4 Å². The number of nitrogens with zero attached hydrogens (tertiary/aromatic N) is 1. The van der Waals surface area contributed by atoms with Crippen molar-refractivity contribution in [3.05, 3.63) is 30.3 Å². The number of hydrogen-bond donors (Lipinski definition) is 2. The van der Waals surface area contributed by atoms with Gasteiger partial charge in [0.15, 0.2) is 0 Å². The zero-order valence-corrected chi connectivity index (χ0v) is 15.6. The second kappa shape index (κ2) is 8.69. The molecule has 26 heavy (non-hydrogen) atoms. The van der Waals surface area contributed by atoms with Crippen LogP contribution in [0.3, 0.4) is 0 Å². The molecule has 0 aromatic heterocycles. The third kappa shape index (κ3) is 6.38. The molecule has 1 fully saturated rings. The van der Waals surface area contributed by atoms with E-state index in [-0.39, 0.29) is 12.0 Å². The van der Waals surface area contributed by atoms with Crippen LogP contribution in [0.4, 0.5) is 4.79 Å². The molecule has 0 unspecified atom stereocenters. The highest BCUT2D eigenvalue weighted by molar-refractivity contribution is 6.35. The second-order valence-electron chi connectivity index (χ2n) is 7.53. The maximum Gasteiger partial charge on any atom is 0.415 e. The molecule has 1 aromatic rings. The molecule has 0 bridgehead atoms. The van der Waals surface area contributed by atoms with Gasteiger partial charge in [-0.3, -0.25) is 9.59 Å². The lowest BCUT2D eigenvalue weighted by atomic mass is 9.97. The van der Waals surface area contributed by atoms with E-state index in [0.717, 1.165) is 12.8 Å². The van der Waals surface area contributed by atoms with Crippen molar-refractivity contribution < 1.29 is 19.1 Å². The molecule has 2 rings (SSSR count). The van der Waals surface area contributed by atoms with E-state index >= 15 is 0 Å². The molecule has 1 saturated heterocycles. The molecule has 7 nitrogen and oxygen atoms in total. The van der Waals surface area contributed by atoms with Crippen LogP contribution in [0, 0.1) is 5.92 Å². The van der Waals surface area contributed by atoms with Gasteiger partial charge in [-0.2, -0.15) is 0 Å². The molecule has 1 aliphatic rings. The fourth-order valence-electron chi connectivity index (χ4n) is 2.69. The first-order valence-corrected chi connectivity index (χ1v) is 8.87. The van der Waals surface area contributed by atoms with Crippen LogP contribution >= 0.6 is 0 Å². The zero-order chi connectivity index (χ0) is 19.2. The standard InChI is InChI=1S/C19H27N3O4/c1-19(2,3)21-17(24)16(23)20-13-14-9-11-22(12-10-14)18(25)26-15-7-5-4-6-8-15/h4-8,14H,9-13H2,1-3H3,(H,20,23)(H,21,24). The Morgan fingerprint density at radius 2 is 1.69 bits per heavy atom. The summed E-state index contributed by atoms with van der Waals surface area (Å²) in [6.07, 6.45) is 1.15. The van der Waals surface area contributed by atoms with E-state index in [2.05, 4.69) is 10.6 Å². The van der Waals surface area contributed by atoms with Gasteiger partial charge in [0.1, 0.15) is 5.75 Å². The third-order valence-corrected chi connectivity index (χ3v) is 4.07. The lowest BCUT2D eigenvalue weighted by Crippen LogP contribution is -2.49. The van der Waals surface area contributed by atoms with Gasteiger partial charge in [-0.1, -0.05) is 18.2 Å². The Kier molecular flexibility index (Phi) is 6.60. The number of likely N-dealkylation sites (tertiary alicyclic amines) is 1. The summed E-state index contributed by atoms with van der Waals surface area (Å²) in [5, 5.41) is 5.30. The third-order valence-electron chi connectivity index (χ3n) is 4.07. The SMILES string of the molecule is CC(C)(C)NC(=O)C(=O)NCC1CCN(C(=O)Oc2ccccc2)CC1. The van der Waals surface area contributed by atoms with E-state index in [1.807, 2.05) is 39.0 Å². The van der Waals surface area contributed by atoms with Crippen molar-refractivity contribution in [2.45, 2.75) is 39.2 Å². The van der Waals surface area contributed by atoms with Crippen molar-refractivity contribution in [3.8, 4) is 5.75 Å². The summed E-state index contributed by atoms with van der Waals surface area (Å²) in [5.74, 6) is -0.480. The number of hydrogen-bond acceptors (Lipinski definition) is 4. The van der Waals surface area contributed by atoms with E-state index in [4.69, 9.17) is 4.74 Å². The summed E-state index contributed by atoms with van der Waals surface area (Å²) >= 11 is 0. The summed E-state index contributed by atoms with van der Waals surface area (Å²) in [6.45, 7) is 7.03. The molecule has 7 heteroatoms. The van der Waals surface area contributed by atoms with Crippen molar-refractivity contribution in [2.24, 2.45) is 5.92 Å². The van der Waals surface area contributed by atoms with Gasteiger partial charge in [0.2, 0.25) is 0 Å². The van der Waals surface area contributed by atoms with Gasteiger partial charge in [0.25, 0.3) is 0 Å². The number of carbonyl (C=O) groups excluding carboxylic acids is 3. The summed E-state index contributed by atoms with van der Waals surface area (Å²) in [5.41, 5.74) is -0.446. The fraction of sp³-hybridized carbons (Fsp3) is 0.526. The normalized spacial score (nSPS) is 15.3. The number of carbonyl (C=O) groups is 3. The minimum atomic E-state index is -0.624. The van der Waals surface area contributed by atoms with Gasteiger partial charge in [-0.05, 0) is 51.7 Å². The predicted octanol–water partition coefficient (Wildman–Crippen LogP) is 1.93. The average molecular weight is 361 g/mol. The average Bonchev–Trinajstić information content (AvgIpc) is 2.59. The number of benzene rings is 1. The Bertz CT molecular complexity index is 632. The minimum absolute atomic E-state index is 0.238. The summed E-state index contributed by atoms with van der Waals surface area (Å²) in [6, 6.07) is 8.96. The number of ether oxygens (including phenoxy) is 1. The molecule has 0 aliphatic carbocycles. The van der Waals surface area contributed by atoms with Gasteiger partial charge >= 0.3 is 17.9 Å². The van der Waals surface area contributed by atoms with Crippen LogP contribution in [-0.2, 0) is 9.59 Å². The molecule has 0 atom stereocenters. The van der Waals surface area contributed by atoms with Crippen molar-refractivity contribution in [1.29, 1.82) is 0 Å². The highest BCUT2D eigenvalue weighted by atomic mass is 16.6. The van der Waals surface area contributed by atoms with Crippen LogP contribution < -0.4 is 15.4 Å². The fourth-order valence-corrected chi connectivity index (χ4v) is 2.69. The maximum atomic E-state index is 12.1. The smallest absolute Gasteiger partial charge is 0.410 e. The number of piperidine rings is 1. The van der Waals surface area contributed by atoms with Crippen molar-refractivity contribution in [2.75, 3.05) is 19.6 Å². The number of nitrogens with one attached hydrogen (secondary N) is 2. The lowest BCUT2D eigenvalue weighted by Gasteiger charge is -2.31. The lowest BCUT2D eigenvalue weighted by molar-refractivity contribution is -0.140. The van der Waals surface area contributed by atoms with E-state index in [0.29, 0.717) is 25.4 Å². The number of amides is 3. The molecule has 2 N–H and O–H groups in total. The molecule has 0 radical (unpaired) electrons. The van der Waals surface area contributed by atoms with Crippen LogP contribution in [0.25, 0.3) is 0 Å². The maximum absolute atomic E-state index is 12.1. The quantitative estimate of drug-likeness (QED) is 0.805. The largest absolute Gasteiger partial charge is 0.415 e. The van der Waals surface area contributed by atoms with E-state index in [1.54, 1.807) is 17.0 Å². The van der Waals surface area contributed by atoms with Crippen LogP contribution in [-0.4, -0.2) is 48.0 Å². The first-order chi connectivity index (χ1) is 12.2. The van der Waals surface area contributed by atoms with Crippen LogP contribution in [0.5, 0.6) is 5.75 Å². The molecule has 1 aromatic carbocycles. The molecule has 0 saturated carbocycles. The number of rotatable bonds is 3. The first kappa shape index (κ1) is 19.8. The van der Waals surface area contributed by atoms with Crippen molar-refractivity contribution in [3.63, 3.8) is 0 Å². The summed E-state index contributed by atoms with van der Waals surface area (Å²) in [7, 11) is 0. The monoisotopic (exact) mass is 361 g/mol. The van der Waals surface area contributed by atoms with Crippen molar-refractivity contribution >= 4 is 17.9 Å². The summed E-state index contributed by atoms with van der Waals surface area (Å²) in [4.78, 5) is 37.4. The second-order valence-corrected chi connectivity index (χ2v) is 7.53. The molecular formula is C19H27N3O4. The zero-order valence-electron chi connectivity index (χ0n) is 15.6. The number of para-hydroxylation sites is 1. The van der Waals surface area contributed by atoms with Gasteiger partial charge in [0.05, 0.1) is 0 Å².